The van der Waals surface area contributed by atoms with E-state index in [1.54, 1.807) is 43.7 Å². The van der Waals surface area contributed by atoms with Crippen LogP contribution in [0.2, 0.25) is 0 Å². The predicted octanol–water partition coefficient (Wildman–Crippen LogP) is 3.51. The summed E-state index contributed by atoms with van der Waals surface area (Å²) in [7, 11) is -3.70. The number of nitrogens with one attached hydrogen (secondary N) is 2. The molecule has 2 aromatic carbocycles. The van der Waals surface area contributed by atoms with Gasteiger partial charge in [-0.05, 0) is 64.1 Å². The maximum Gasteiger partial charge on any atom is 0.276 e. The van der Waals surface area contributed by atoms with Gasteiger partial charge in [-0.1, -0.05) is 24.3 Å². The molecule has 0 saturated carbocycles. The molecule has 0 spiro atoms. The normalized spacial score (nSPS) is 12.0. The van der Waals surface area contributed by atoms with Crippen molar-refractivity contribution in [1.29, 1.82) is 0 Å². The molecule has 8 heteroatoms. The molecule has 7 nitrogen and oxygen atoms in total. The van der Waals surface area contributed by atoms with Crippen LogP contribution < -0.4 is 10.0 Å². The van der Waals surface area contributed by atoms with Gasteiger partial charge in [0.15, 0.2) is 5.69 Å². The zero-order valence-electron chi connectivity index (χ0n) is 16.8. The third-order valence-electron chi connectivity index (χ3n) is 3.96. The highest BCUT2D eigenvalue weighted by atomic mass is 32.2. The Morgan fingerprint density at radius 3 is 2.34 bits per heavy atom. The minimum atomic E-state index is -3.70. The number of rotatable bonds is 5. The quantitative estimate of drug-likeness (QED) is 0.671. The van der Waals surface area contributed by atoms with Crippen LogP contribution in [0.1, 0.15) is 37.0 Å². The number of anilines is 1. The number of benzene rings is 2. The third-order valence-corrected chi connectivity index (χ3v) is 5.72. The van der Waals surface area contributed by atoms with Crippen LogP contribution in [0, 0.1) is 6.92 Å². The van der Waals surface area contributed by atoms with Crippen LogP contribution >= 0.6 is 0 Å². The second kappa shape index (κ2) is 7.81. The van der Waals surface area contributed by atoms with E-state index in [0.717, 1.165) is 11.4 Å². The van der Waals surface area contributed by atoms with E-state index in [0.29, 0.717) is 5.69 Å². The van der Waals surface area contributed by atoms with Crippen molar-refractivity contribution in [3.05, 3.63) is 72.1 Å². The lowest BCUT2D eigenvalue weighted by Crippen LogP contribution is -2.40. The molecule has 152 valence electrons. The number of hydrogen-bond acceptors (Lipinski definition) is 4. The largest absolute Gasteiger partial charge is 0.321 e. The second-order valence-corrected chi connectivity index (χ2v) is 9.44. The van der Waals surface area contributed by atoms with Crippen LogP contribution in [0.3, 0.4) is 0 Å². The Kier molecular flexibility index (Phi) is 5.59. The Bertz CT molecular complexity index is 1130. The van der Waals surface area contributed by atoms with E-state index in [4.69, 9.17) is 0 Å². The SMILES string of the molecule is Cc1cc(C(=O)Nc2cccc(S(=O)(=O)NC(C)(C)C)c2)nn1-c1ccccc1. The van der Waals surface area contributed by atoms with Gasteiger partial charge in [0.05, 0.1) is 10.6 Å². The predicted molar refractivity (Wildman–Crippen MR) is 113 cm³/mol. The Morgan fingerprint density at radius 1 is 1.00 bits per heavy atom. The van der Waals surface area contributed by atoms with E-state index in [1.807, 2.05) is 37.3 Å². The smallest absolute Gasteiger partial charge is 0.276 e. The molecule has 0 unspecified atom stereocenters. The van der Waals surface area contributed by atoms with Crippen molar-refractivity contribution in [3.63, 3.8) is 0 Å². The fraction of sp³-hybridized carbons (Fsp3) is 0.238. The average molecular weight is 413 g/mol. The number of nitrogens with zero attached hydrogens (tertiary/aromatic N) is 2. The number of carbonyl (C=O) groups is 1. The zero-order valence-corrected chi connectivity index (χ0v) is 17.6. The monoisotopic (exact) mass is 412 g/mol. The minimum Gasteiger partial charge on any atom is -0.321 e. The maximum absolute atomic E-state index is 12.6. The van der Waals surface area contributed by atoms with E-state index in [-0.39, 0.29) is 10.6 Å². The van der Waals surface area contributed by atoms with Crippen molar-refractivity contribution < 1.29 is 13.2 Å². The van der Waals surface area contributed by atoms with E-state index >= 15 is 0 Å². The Balaban J connectivity index is 1.82. The molecule has 0 bridgehead atoms. The minimum absolute atomic E-state index is 0.0798. The van der Waals surface area contributed by atoms with Gasteiger partial charge in [-0.15, -0.1) is 0 Å². The topological polar surface area (TPSA) is 93.1 Å². The van der Waals surface area contributed by atoms with Crippen molar-refractivity contribution in [2.45, 2.75) is 38.1 Å². The van der Waals surface area contributed by atoms with Crippen LogP contribution in [0.15, 0.2) is 65.6 Å². The molecular weight excluding hydrogens is 388 g/mol. The van der Waals surface area contributed by atoms with Gasteiger partial charge in [0.25, 0.3) is 5.91 Å². The summed E-state index contributed by atoms with van der Waals surface area (Å²) in [5.74, 6) is -0.416. The molecule has 2 N–H and O–H groups in total. The lowest BCUT2D eigenvalue weighted by atomic mass is 10.1. The molecule has 1 heterocycles. The van der Waals surface area contributed by atoms with Gasteiger partial charge in [-0.2, -0.15) is 5.10 Å². The van der Waals surface area contributed by atoms with Crippen LogP contribution in [-0.4, -0.2) is 29.6 Å². The highest BCUT2D eigenvalue weighted by Gasteiger charge is 2.22. The van der Waals surface area contributed by atoms with E-state index in [1.165, 1.54) is 12.1 Å². The molecule has 0 aliphatic heterocycles. The molecule has 0 saturated heterocycles. The van der Waals surface area contributed by atoms with Crippen molar-refractivity contribution in [3.8, 4) is 5.69 Å². The highest BCUT2D eigenvalue weighted by molar-refractivity contribution is 7.89. The summed E-state index contributed by atoms with van der Waals surface area (Å²) in [6, 6.07) is 17.3. The van der Waals surface area contributed by atoms with Crippen molar-refractivity contribution in [2.24, 2.45) is 0 Å². The lowest BCUT2D eigenvalue weighted by molar-refractivity contribution is 0.102. The molecule has 0 aliphatic rings. The van der Waals surface area contributed by atoms with Crippen LogP contribution in [0.5, 0.6) is 0 Å². The van der Waals surface area contributed by atoms with E-state index < -0.39 is 21.5 Å². The number of aromatic nitrogens is 2. The summed E-state index contributed by atoms with van der Waals surface area (Å²) >= 11 is 0. The Hall–Kier alpha value is -2.97. The molecule has 1 aromatic heterocycles. The maximum atomic E-state index is 12.6. The van der Waals surface area contributed by atoms with Gasteiger partial charge < -0.3 is 5.32 Å². The van der Waals surface area contributed by atoms with Gasteiger partial charge in [-0.25, -0.2) is 17.8 Å². The van der Waals surface area contributed by atoms with Gasteiger partial charge in [-0.3, -0.25) is 4.79 Å². The summed E-state index contributed by atoms with van der Waals surface area (Å²) < 4.78 is 29.3. The zero-order chi connectivity index (χ0) is 21.2. The first-order valence-electron chi connectivity index (χ1n) is 9.13. The van der Waals surface area contributed by atoms with Crippen LogP contribution in [0.4, 0.5) is 5.69 Å². The summed E-state index contributed by atoms with van der Waals surface area (Å²) in [6.45, 7) is 7.16. The fourth-order valence-corrected chi connectivity index (χ4v) is 4.28. The molecule has 3 rings (SSSR count). The van der Waals surface area contributed by atoms with Gasteiger partial charge >= 0.3 is 0 Å². The second-order valence-electron chi connectivity index (χ2n) is 7.76. The first-order valence-corrected chi connectivity index (χ1v) is 10.6. The molecule has 0 aliphatic carbocycles. The number of aryl methyl sites for hydroxylation is 1. The summed E-state index contributed by atoms with van der Waals surface area (Å²) in [5, 5.41) is 7.09. The molecule has 3 aromatic rings. The third kappa shape index (κ3) is 5.10. The number of carbonyl (C=O) groups excluding carboxylic acids is 1. The van der Waals surface area contributed by atoms with Gasteiger partial charge in [0.2, 0.25) is 10.0 Å². The van der Waals surface area contributed by atoms with Crippen molar-refractivity contribution >= 4 is 21.6 Å². The van der Waals surface area contributed by atoms with Gasteiger partial charge in [0.1, 0.15) is 0 Å². The Morgan fingerprint density at radius 2 is 1.69 bits per heavy atom. The molecule has 1 amide bonds. The summed E-state index contributed by atoms with van der Waals surface area (Å²) in [6.07, 6.45) is 0. The van der Waals surface area contributed by atoms with Crippen LogP contribution in [0.25, 0.3) is 5.69 Å². The Labute approximate surface area is 170 Å². The molecule has 0 atom stereocenters. The first-order chi connectivity index (χ1) is 13.5. The number of amides is 1. The molecule has 29 heavy (non-hydrogen) atoms. The molecular formula is C21H24N4O3S. The van der Waals surface area contributed by atoms with E-state index in [2.05, 4.69) is 15.1 Å². The standard InChI is InChI=1S/C21H24N4O3S/c1-15-13-19(23-25(15)17-10-6-5-7-11-17)20(26)22-16-9-8-12-18(14-16)29(27,28)24-21(2,3)4/h5-14,24H,1-4H3,(H,22,26). The van der Waals surface area contributed by atoms with Crippen molar-refractivity contribution in [2.75, 3.05) is 5.32 Å². The number of hydrogen-bond donors (Lipinski definition) is 2. The number of para-hydroxylation sites is 1. The van der Waals surface area contributed by atoms with Gasteiger partial charge in [0, 0.05) is 16.9 Å². The van der Waals surface area contributed by atoms with E-state index in [9.17, 15) is 13.2 Å². The van der Waals surface area contributed by atoms with Crippen molar-refractivity contribution in [1.82, 2.24) is 14.5 Å². The molecule has 0 radical (unpaired) electrons. The molecule has 0 fully saturated rings. The lowest BCUT2D eigenvalue weighted by Gasteiger charge is -2.20. The average Bonchev–Trinajstić information content (AvgIpc) is 3.03. The highest BCUT2D eigenvalue weighted by Crippen LogP contribution is 2.19. The summed E-state index contributed by atoms with van der Waals surface area (Å²) in [5.41, 5.74) is 1.67. The summed E-state index contributed by atoms with van der Waals surface area (Å²) in [4.78, 5) is 12.7. The fourth-order valence-electron chi connectivity index (χ4n) is 2.81. The first kappa shape index (κ1) is 20.8. The number of sulfonamides is 1. The van der Waals surface area contributed by atoms with Crippen LogP contribution in [-0.2, 0) is 10.0 Å².